The summed E-state index contributed by atoms with van der Waals surface area (Å²) in [6, 6.07) is 2.32. The summed E-state index contributed by atoms with van der Waals surface area (Å²) in [5, 5.41) is 0. The Morgan fingerprint density at radius 3 is 1.45 bits per heavy atom. The predicted molar refractivity (Wildman–Crippen MR) is 53.6 cm³/mol. The zero-order valence-electron chi connectivity index (χ0n) is 7.91. The van der Waals surface area contributed by atoms with Crippen molar-refractivity contribution in [1.29, 1.82) is 0 Å². The smallest absolute Gasteiger partial charge is 0.116 e. The lowest BCUT2D eigenvalue weighted by molar-refractivity contribution is 1.31. The summed E-state index contributed by atoms with van der Waals surface area (Å²) in [6.45, 7) is 8.21. The molecule has 0 amide bonds. The van der Waals surface area contributed by atoms with E-state index in [2.05, 4.69) is 36.8 Å². The van der Waals surface area contributed by atoms with Crippen LogP contribution in [0, 0.1) is 22.9 Å². The van der Waals surface area contributed by atoms with Gasteiger partial charge in [0.2, 0.25) is 8.07 Å². The Morgan fingerprint density at radius 2 is 1.27 bits per heavy atom. The van der Waals surface area contributed by atoms with Crippen molar-refractivity contribution < 1.29 is 0 Å². The SMILES string of the molecule is CC#C[Si](C#CC)(CC)CC. The van der Waals surface area contributed by atoms with Gasteiger partial charge in [-0.1, -0.05) is 13.8 Å². The second kappa shape index (κ2) is 5.05. The van der Waals surface area contributed by atoms with Gasteiger partial charge in [0.25, 0.3) is 0 Å². The fourth-order valence-corrected chi connectivity index (χ4v) is 3.34. The van der Waals surface area contributed by atoms with E-state index < -0.39 is 8.07 Å². The van der Waals surface area contributed by atoms with Crippen molar-refractivity contribution in [3.8, 4) is 22.9 Å². The van der Waals surface area contributed by atoms with Crippen LogP contribution in [0.15, 0.2) is 0 Å². The first-order valence-corrected chi connectivity index (χ1v) is 6.54. The van der Waals surface area contributed by atoms with Crippen LogP contribution in [0.2, 0.25) is 12.1 Å². The lowest BCUT2D eigenvalue weighted by atomic mass is 10.8. The van der Waals surface area contributed by atoms with Gasteiger partial charge in [0.05, 0.1) is 0 Å². The first-order chi connectivity index (χ1) is 5.24. The number of rotatable bonds is 2. The highest BCUT2D eigenvalue weighted by atomic mass is 28.3. The normalized spacial score (nSPS) is 9.09. The fourth-order valence-electron chi connectivity index (χ4n) is 1.11. The largest absolute Gasteiger partial charge is 0.216 e. The fraction of sp³-hybridized carbons (Fsp3) is 0.600. The molecule has 0 bridgehead atoms. The molecule has 0 aliphatic rings. The summed E-state index contributed by atoms with van der Waals surface area (Å²) in [5.74, 6) is 6.01. The van der Waals surface area contributed by atoms with Gasteiger partial charge in [-0.25, -0.2) is 0 Å². The van der Waals surface area contributed by atoms with Crippen molar-refractivity contribution >= 4 is 8.07 Å². The van der Waals surface area contributed by atoms with Gasteiger partial charge in [-0.2, -0.15) is 0 Å². The third-order valence-electron chi connectivity index (χ3n) is 1.94. The van der Waals surface area contributed by atoms with E-state index in [1.54, 1.807) is 0 Å². The average Bonchev–Trinajstić information content (AvgIpc) is 2.04. The molecule has 0 atom stereocenters. The van der Waals surface area contributed by atoms with Gasteiger partial charge >= 0.3 is 0 Å². The molecule has 0 nitrogen and oxygen atoms in total. The maximum Gasteiger partial charge on any atom is 0.216 e. The first-order valence-electron chi connectivity index (χ1n) is 4.12. The minimum atomic E-state index is -1.47. The number of hydrogen-bond donors (Lipinski definition) is 0. The van der Waals surface area contributed by atoms with Crippen LogP contribution in [-0.2, 0) is 0 Å². The third-order valence-corrected chi connectivity index (χ3v) is 5.81. The summed E-state index contributed by atoms with van der Waals surface area (Å²) in [7, 11) is -1.47. The Hall–Kier alpha value is -0.663. The minimum Gasteiger partial charge on any atom is -0.116 e. The molecule has 1 heteroatoms. The monoisotopic (exact) mass is 164 g/mol. The van der Waals surface area contributed by atoms with Crippen LogP contribution < -0.4 is 0 Å². The van der Waals surface area contributed by atoms with Crippen molar-refractivity contribution in [2.75, 3.05) is 0 Å². The molecule has 0 aliphatic heterocycles. The van der Waals surface area contributed by atoms with Gasteiger partial charge < -0.3 is 0 Å². The molecular weight excluding hydrogens is 148 g/mol. The van der Waals surface area contributed by atoms with Crippen molar-refractivity contribution in [3.63, 3.8) is 0 Å². The van der Waals surface area contributed by atoms with E-state index in [1.165, 1.54) is 0 Å². The molecule has 0 unspecified atom stereocenters. The second-order valence-electron chi connectivity index (χ2n) is 2.54. The van der Waals surface area contributed by atoms with Gasteiger partial charge in [-0.3, -0.25) is 0 Å². The van der Waals surface area contributed by atoms with Gasteiger partial charge in [-0.15, -0.1) is 22.9 Å². The summed E-state index contributed by atoms with van der Waals surface area (Å²) in [6.07, 6.45) is 0. The zero-order valence-corrected chi connectivity index (χ0v) is 8.91. The lowest BCUT2D eigenvalue weighted by Crippen LogP contribution is -2.28. The van der Waals surface area contributed by atoms with Crippen LogP contribution in [0.1, 0.15) is 27.7 Å². The highest BCUT2D eigenvalue weighted by Crippen LogP contribution is 2.12. The maximum atomic E-state index is 3.31. The summed E-state index contributed by atoms with van der Waals surface area (Å²) in [5.41, 5.74) is 6.62. The summed E-state index contributed by atoms with van der Waals surface area (Å²) < 4.78 is 0. The average molecular weight is 164 g/mol. The van der Waals surface area contributed by atoms with E-state index in [9.17, 15) is 0 Å². The van der Waals surface area contributed by atoms with Gasteiger partial charge in [0.15, 0.2) is 0 Å². The summed E-state index contributed by atoms with van der Waals surface area (Å²) in [4.78, 5) is 0. The van der Waals surface area contributed by atoms with Crippen molar-refractivity contribution in [3.05, 3.63) is 0 Å². The van der Waals surface area contributed by atoms with E-state index >= 15 is 0 Å². The van der Waals surface area contributed by atoms with Crippen LogP contribution in [0.4, 0.5) is 0 Å². The van der Waals surface area contributed by atoms with E-state index in [-0.39, 0.29) is 0 Å². The molecule has 0 saturated heterocycles. The van der Waals surface area contributed by atoms with Crippen molar-refractivity contribution in [2.45, 2.75) is 39.8 Å². The van der Waals surface area contributed by atoms with Gasteiger partial charge in [-0.05, 0) is 25.9 Å². The van der Waals surface area contributed by atoms with Gasteiger partial charge in [0.1, 0.15) is 0 Å². The van der Waals surface area contributed by atoms with Crippen molar-refractivity contribution in [2.24, 2.45) is 0 Å². The Balaban J connectivity index is 4.65. The molecule has 0 radical (unpaired) electrons. The molecule has 0 N–H and O–H groups in total. The molecule has 0 aromatic heterocycles. The molecule has 11 heavy (non-hydrogen) atoms. The number of hydrogen-bond acceptors (Lipinski definition) is 0. The van der Waals surface area contributed by atoms with E-state index in [1.807, 2.05) is 13.8 Å². The highest BCUT2D eigenvalue weighted by molar-refractivity contribution is 6.94. The lowest BCUT2D eigenvalue weighted by Gasteiger charge is -2.13. The molecule has 0 aromatic carbocycles. The van der Waals surface area contributed by atoms with E-state index in [4.69, 9.17) is 0 Å². The maximum absolute atomic E-state index is 3.31. The van der Waals surface area contributed by atoms with Gasteiger partial charge in [0, 0.05) is 0 Å². The zero-order chi connectivity index (χ0) is 8.74. The summed E-state index contributed by atoms with van der Waals surface area (Å²) >= 11 is 0. The first kappa shape index (κ1) is 10.3. The Labute approximate surface area is 71.4 Å². The molecular formula is C10H16Si. The van der Waals surface area contributed by atoms with Crippen LogP contribution in [0.3, 0.4) is 0 Å². The molecule has 0 aliphatic carbocycles. The molecule has 0 aromatic rings. The molecule has 0 fully saturated rings. The topological polar surface area (TPSA) is 0 Å². The van der Waals surface area contributed by atoms with Crippen LogP contribution in [0.25, 0.3) is 0 Å². The third kappa shape index (κ3) is 2.83. The Bertz CT molecular complexity index is 193. The second-order valence-corrected chi connectivity index (χ2v) is 6.62. The van der Waals surface area contributed by atoms with Crippen LogP contribution >= 0.6 is 0 Å². The van der Waals surface area contributed by atoms with Crippen molar-refractivity contribution in [1.82, 2.24) is 0 Å². The molecule has 0 heterocycles. The molecule has 60 valence electrons. The minimum absolute atomic E-state index is 1.16. The standard InChI is InChI=1S/C10H16Si/c1-5-9-11(7-3,8-4)10-6-2/h7-8H2,1-4H3. The molecule has 0 rings (SSSR count). The Kier molecular flexibility index (Phi) is 4.74. The Morgan fingerprint density at radius 1 is 0.909 bits per heavy atom. The van der Waals surface area contributed by atoms with Crippen LogP contribution in [0.5, 0.6) is 0 Å². The predicted octanol–water partition coefficient (Wildman–Crippen LogP) is 2.60. The van der Waals surface area contributed by atoms with E-state index in [0.717, 1.165) is 12.1 Å². The van der Waals surface area contributed by atoms with Crippen LogP contribution in [-0.4, -0.2) is 8.07 Å². The highest BCUT2D eigenvalue weighted by Gasteiger charge is 2.23. The van der Waals surface area contributed by atoms with E-state index in [0.29, 0.717) is 0 Å². The molecule has 0 spiro atoms. The molecule has 0 saturated carbocycles. The quantitative estimate of drug-likeness (QED) is 0.435.